The number of halogens is 1. The zero-order valence-electron chi connectivity index (χ0n) is 11.6. The molecule has 1 heterocycles. The molecule has 1 aromatic carbocycles. The minimum atomic E-state index is -0.00452. The van der Waals surface area contributed by atoms with Crippen molar-refractivity contribution in [1.29, 1.82) is 0 Å². The van der Waals surface area contributed by atoms with Crippen LogP contribution in [0.4, 0.5) is 5.13 Å². The number of hydrogen-bond donors (Lipinski definition) is 1. The van der Waals surface area contributed by atoms with Crippen molar-refractivity contribution in [2.45, 2.75) is 39.2 Å². The predicted molar refractivity (Wildman–Crippen MR) is 84.8 cm³/mol. The number of nitrogens with zero attached hydrogens (tertiary/aromatic N) is 2. The van der Waals surface area contributed by atoms with Gasteiger partial charge in [-0.3, -0.25) is 0 Å². The van der Waals surface area contributed by atoms with Gasteiger partial charge in [0.15, 0.2) is 0 Å². The lowest BCUT2D eigenvalue weighted by molar-refractivity contribution is 0.555. The van der Waals surface area contributed by atoms with E-state index in [1.165, 1.54) is 17.1 Å². The summed E-state index contributed by atoms with van der Waals surface area (Å²) in [7, 11) is 0. The summed E-state index contributed by atoms with van der Waals surface area (Å²) in [6, 6.07) is 8.49. The molecule has 102 valence electrons. The van der Waals surface area contributed by atoms with Crippen molar-refractivity contribution < 1.29 is 0 Å². The van der Waals surface area contributed by atoms with E-state index in [2.05, 4.69) is 70.4 Å². The lowest BCUT2D eigenvalue weighted by atomic mass is 9.96. The van der Waals surface area contributed by atoms with Crippen LogP contribution in [0, 0.1) is 0 Å². The van der Waals surface area contributed by atoms with Gasteiger partial charge in [-0.25, -0.2) is 4.98 Å². The van der Waals surface area contributed by atoms with Gasteiger partial charge in [0.25, 0.3) is 0 Å². The quantitative estimate of drug-likeness (QED) is 0.874. The average molecular weight is 340 g/mol. The SMILES string of the molecule is CC(Nc1nc(C(C)(C)C)ns1)c1cccc(Br)c1. The van der Waals surface area contributed by atoms with E-state index in [4.69, 9.17) is 0 Å². The first-order valence-corrected chi connectivity index (χ1v) is 7.79. The van der Waals surface area contributed by atoms with Crippen LogP contribution in [0.2, 0.25) is 0 Å². The van der Waals surface area contributed by atoms with Crippen molar-refractivity contribution in [3.8, 4) is 0 Å². The highest BCUT2D eigenvalue weighted by atomic mass is 79.9. The molecule has 0 aliphatic carbocycles. The van der Waals surface area contributed by atoms with Gasteiger partial charge in [-0.1, -0.05) is 48.8 Å². The summed E-state index contributed by atoms with van der Waals surface area (Å²) < 4.78 is 5.50. The minimum Gasteiger partial charge on any atom is -0.354 e. The Labute approximate surface area is 126 Å². The molecule has 0 fully saturated rings. The summed E-state index contributed by atoms with van der Waals surface area (Å²) in [5.41, 5.74) is 1.22. The summed E-state index contributed by atoms with van der Waals surface area (Å²) in [4.78, 5) is 4.55. The molecule has 2 aromatic rings. The first-order valence-electron chi connectivity index (χ1n) is 6.22. The van der Waals surface area contributed by atoms with E-state index in [-0.39, 0.29) is 11.5 Å². The van der Waals surface area contributed by atoms with Gasteiger partial charge in [0.1, 0.15) is 5.82 Å². The van der Waals surface area contributed by atoms with Crippen molar-refractivity contribution >= 4 is 32.6 Å². The second-order valence-electron chi connectivity index (χ2n) is 5.59. The van der Waals surface area contributed by atoms with E-state index in [1.807, 2.05) is 12.1 Å². The van der Waals surface area contributed by atoms with Gasteiger partial charge < -0.3 is 5.32 Å². The molecule has 0 radical (unpaired) electrons. The highest BCUT2D eigenvalue weighted by Crippen LogP contribution is 2.26. The van der Waals surface area contributed by atoms with Crippen LogP contribution in [0.25, 0.3) is 0 Å². The number of aromatic nitrogens is 2. The molecule has 3 nitrogen and oxygen atoms in total. The lowest BCUT2D eigenvalue weighted by Gasteiger charge is -2.14. The monoisotopic (exact) mass is 339 g/mol. The number of rotatable bonds is 3. The minimum absolute atomic E-state index is 0.00452. The molecule has 2 rings (SSSR count). The Bertz CT molecular complexity index is 560. The Balaban J connectivity index is 2.11. The zero-order valence-corrected chi connectivity index (χ0v) is 14.0. The van der Waals surface area contributed by atoms with Gasteiger partial charge >= 0.3 is 0 Å². The van der Waals surface area contributed by atoms with Crippen molar-refractivity contribution in [2.24, 2.45) is 0 Å². The van der Waals surface area contributed by atoms with Crippen LogP contribution in [0.5, 0.6) is 0 Å². The molecule has 1 atom stereocenters. The maximum atomic E-state index is 4.55. The topological polar surface area (TPSA) is 37.8 Å². The second-order valence-corrected chi connectivity index (χ2v) is 7.26. The van der Waals surface area contributed by atoms with Crippen molar-refractivity contribution in [2.75, 3.05) is 5.32 Å². The highest BCUT2D eigenvalue weighted by molar-refractivity contribution is 9.10. The van der Waals surface area contributed by atoms with E-state index in [1.54, 1.807) is 0 Å². The molecule has 0 saturated carbocycles. The molecular weight excluding hydrogens is 322 g/mol. The molecule has 1 N–H and O–H groups in total. The number of anilines is 1. The first kappa shape index (κ1) is 14.5. The van der Waals surface area contributed by atoms with Gasteiger partial charge in [0, 0.05) is 21.4 Å². The van der Waals surface area contributed by atoms with Crippen molar-refractivity contribution in [3.63, 3.8) is 0 Å². The molecule has 0 spiro atoms. The maximum absolute atomic E-state index is 4.55. The normalized spacial score (nSPS) is 13.3. The summed E-state index contributed by atoms with van der Waals surface area (Å²) in [6.07, 6.45) is 0. The van der Waals surface area contributed by atoms with Gasteiger partial charge in [0.05, 0.1) is 6.04 Å². The zero-order chi connectivity index (χ0) is 14.0. The fourth-order valence-electron chi connectivity index (χ4n) is 1.63. The Morgan fingerprint density at radius 3 is 2.63 bits per heavy atom. The summed E-state index contributed by atoms with van der Waals surface area (Å²) >= 11 is 4.91. The Kier molecular flexibility index (Phi) is 4.26. The fraction of sp³-hybridized carbons (Fsp3) is 0.429. The molecule has 1 aromatic heterocycles. The number of benzene rings is 1. The third kappa shape index (κ3) is 3.76. The van der Waals surface area contributed by atoms with Gasteiger partial charge in [-0.15, -0.1) is 0 Å². The van der Waals surface area contributed by atoms with E-state index in [0.29, 0.717) is 0 Å². The maximum Gasteiger partial charge on any atom is 0.203 e. The largest absolute Gasteiger partial charge is 0.354 e. The van der Waals surface area contributed by atoms with Crippen molar-refractivity contribution in [3.05, 3.63) is 40.1 Å². The van der Waals surface area contributed by atoms with Crippen LogP contribution >= 0.6 is 27.5 Å². The molecule has 0 saturated heterocycles. The predicted octanol–water partition coefficient (Wildman–Crippen LogP) is 4.77. The van der Waals surface area contributed by atoms with Gasteiger partial charge in [0.2, 0.25) is 5.13 Å². The number of nitrogens with one attached hydrogen (secondary N) is 1. The molecular formula is C14H18BrN3S. The number of hydrogen-bond acceptors (Lipinski definition) is 4. The van der Waals surface area contributed by atoms with E-state index >= 15 is 0 Å². The molecule has 19 heavy (non-hydrogen) atoms. The van der Waals surface area contributed by atoms with Crippen LogP contribution in [0.3, 0.4) is 0 Å². The third-order valence-corrected chi connectivity index (χ3v) is 3.93. The fourth-order valence-corrected chi connectivity index (χ4v) is 2.89. The van der Waals surface area contributed by atoms with E-state index in [0.717, 1.165) is 15.4 Å². The Morgan fingerprint density at radius 2 is 2.05 bits per heavy atom. The van der Waals surface area contributed by atoms with Crippen LogP contribution < -0.4 is 5.32 Å². The first-order chi connectivity index (χ1) is 8.86. The van der Waals surface area contributed by atoms with E-state index < -0.39 is 0 Å². The van der Waals surface area contributed by atoms with E-state index in [9.17, 15) is 0 Å². The molecule has 0 aliphatic rings. The summed E-state index contributed by atoms with van der Waals surface area (Å²) in [6.45, 7) is 8.49. The van der Waals surface area contributed by atoms with Crippen LogP contribution in [-0.2, 0) is 5.41 Å². The highest BCUT2D eigenvalue weighted by Gasteiger charge is 2.20. The van der Waals surface area contributed by atoms with Crippen LogP contribution in [0.15, 0.2) is 28.7 Å². The Morgan fingerprint density at radius 1 is 1.32 bits per heavy atom. The standard InChI is InChI=1S/C14H18BrN3S/c1-9(10-6-5-7-11(15)8-10)16-13-17-12(18-19-13)14(2,3)4/h5-9H,1-4H3,(H,16,17,18). The molecule has 0 aliphatic heterocycles. The Hall–Kier alpha value is -0.940. The summed E-state index contributed by atoms with van der Waals surface area (Å²) in [5, 5.41) is 4.27. The van der Waals surface area contributed by atoms with Crippen LogP contribution in [0.1, 0.15) is 45.1 Å². The van der Waals surface area contributed by atoms with Crippen molar-refractivity contribution in [1.82, 2.24) is 9.36 Å². The lowest BCUT2D eigenvalue weighted by Crippen LogP contribution is -2.13. The molecule has 0 bridgehead atoms. The molecule has 1 unspecified atom stereocenters. The smallest absolute Gasteiger partial charge is 0.203 e. The average Bonchev–Trinajstić information content (AvgIpc) is 2.77. The van der Waals surface area contributed by atoms with Gasteiger partial charge in [-0.2, -0.15) is 4.37 Å². The summed E-state index contributed by atoms with van der Waals surface area (Å²) in [5.74, 6) is 0.890. The third-order valence-electron chi connectivity index (χ3n) is 2.79. The van der Waals surface area contributed by atoms with Gasteiger partial charge in [-0.05, 0) is 24.6 Å². The van der Waals surface area contributed by atoms with Crippen LogP contribution in [-0.4, -0.2) is 9.36 Å². The molecule has 0 amide bonds. The molecule has 5 heteroatoms. The second kappa shape index (κ2) is 5.59.